The zero-order chi connectivity index (χ0) is 17.1. The zero-order valence-corrected chi connectivity index (χ0v) is 13.1. The maximum atomic E-state index is 11.5. The number of carboxylic acid groups (broad SMARTS) is 1. The lowest BCUT2D eigenvalue weighted by Gasteiger charge is -2.19. The van der Waals surface area contributed by atoms with Crippen LogP contribution in [0.25, 0.3) is 0 Å². The van der Waals surface area contributed by atoms with E-state index in [1.54, 1.807) is 18.3 Å². The molecule has 2 N–H and O–H groups in total. The second-order valence-electron chi connectivity index (χ2n) is 6.46. The number of benzene rings is 1. The molecule has 1 aromatic carbocycles. The number of nitrogens with zero attached hydrogens (tertiary/aromatic N) is 1. The van der Waals surface area contributed by atoms with Gasteiger partial charge in [0.1, 0.15) is 35.1 Å². The molecule has 3 aliphatic rings. The number of carbonyl (C=O) groups is 2. The number of rotatable bonds is 3. The van der Waals surface area contributed by atoms with Crippen LogP contribution >= 0.6 is 0 Å². The van der Waals surface area contributed by atoms with E-state index in [1.165, 1.54) is 0 Å². The van der Waals surface area contributed by atoms with Gasteiger partial charge in [0.25, 0.3) is 0 Å². The van der Waals surface area contributed by atoms with Crippen LogP contribution in [0.15, 0.2) is 30.5 Å². The van der Waals surface area contributed by atoms with Gasteiger partial charge in [-0.1, -0.05) is 0 Å². The molecule has 25 heavy (non-hydrogen) atoms. The molecule has 0 spiro atoms. The van der Waals surface area contributed by atoms with Crippen LogP contribution < -0.4 is 14.8 Å². The molecule has 3 atom stereocenters. The van der Waals surface area contributed by atoms with Gasteiger partial charge in [0.15, 0.2) is 0 Å². The summed E-state index contributed by atoms with van der Waals surface area (Å²) >= 11 is 0. The Hall–Kier alpha value is -3.09. The van der Waals surface area contributed by atoms with Gasteiger partial charge in [0.05, 0.1) is 0 Å². The van der Waals surface area contributed by atoms with E-state index in [1.807, 2.05) is 12.1 Å². The van der Waals surface area contributed by atoms with Crippen LogP contribution in [0.3, 0.4) is 0 Å². The lowest BCUT2D eigenvalue weighted by molar-refractivity contribution is -0.139. The third kappa shape index (κ3) is 2.15. The summed E-state index contributed by atoms with van der Waals surface area (Å²) in [5, 5.41) is 11.9. The van der Waals surface area contributed by atoms with Crippen molar-refractivity contribution in [3.63, 3.8) is 0 Å². The first-order valence-electron chi connectivity index (χ1n) is 8.11. The summed E-state index contributed by atoms with van der Waals surface area (Å²) in [5.41, 5.74) is 1.75. The molecule has 0 bridgehead atoms. The van der Waals surface area contributed by atoms with Gasteiger partial charge >= 0.3 is 5.97 Å². The molecule has 126 valence electrons. The second kappa shape index (κ2) is 4.95. The van der Waals surface area contributed by atoms with Crippen LogP contribution in [0.2, 0.25) is 0 Å². The molecule has 3 heterocycles. The predicted molar refractivity (Wildman–Crippen MR) is 86.0 cm³/mol. The topological polar surface area (TPSA) is 97.8 Å². The Morgan fingerprint density at radius 3 is 3.04 bits per heavy atom. The minimum absolute atomic E-state index is 0.0497. The summed E-state index contributed by atoms with van der Waals surface area (Å²) in [6, 6.07) is 7.22. The monoisotopic (exact) mass is 338 g/mol. The molecule has 1 fully saturated rings. The highest BCUT2D eigenvalue weighted by atomic mass is 16.5. The number of amides is 1. The Kier molecular flexibility index (Phi) is 2.83. The Bertz CT molecular complexity index is 926. The van der Waals surface area contributed by atoms with Crippen LogP contribution in [-0.4, -0.2) is 28.1 Å². The molecule has 2 aromatic rings. The number of carboxylic acids is 1. The molecule has 1 aliphatic carbocycles. The Morgan fingerprint density at radius 1 is 1.32 bits per heavy atom. The van der Waals surface area contributed by atoms with E-state index in [0.717, 1.165) is 16.9 Å². The zero-order valence-electron chi connectivity index (χ0n) is 13.1. The summed E-state index contributed by atoms with van der Waals surface area (Å²) in [6.45, 7) is 0. The highest BCUT2D eigenvalue weighted by Gasteiger charge is 2.63. The van der Waals surface area contributed by atoms with Crippen molar-refractivity contribution in [3.05, 3.63) is 41.6 Å². The molecule has 1 aromatic heterocycles. The van der Waals surface area contributed by atoms with Crippen molar-refractivity contribution in [3.8, 4) is 17.2 Å². The van der Waals surface area contributed by atoms with Gasteiger partial charge in [0.2, 0.25) is 5.91 Å². The quantitative estimate of drug-likeness (QED) is 0.891. The summed E-state index contributed by atoms with van der Waals surface area (Å²) in [5.74, 6) is 1.08. The molecule has 1 amide bonds. The number of ether oxygens (including phenoxy) is 2. The average molecular weight is 338 g/mol. The lowest BCUT2D eigenvalue weighted by Crippen LogP contribution is -2.20. The molecule has 2 aliphatic heterocycles. The maximum absolute atomic E-state index is 11.5. The Balaban J connectivity index is 1.44. The minimum atomic E-state index is -0.828. The molecule has 1 saturated carbocycles. The molecular weight excluding hydrogens is 324 g/mol. The van der Waals surface area contributed by atoms with Crippen molar-refractivity contribution >= 4 is 17.7 Å². The van der Waals surface area contributed by atoms with Gasteiger partial charge in [-0.2, -0.15) is 0 Å². The SMILES string of the molecule is O=C1CCc2c(Oc3ccc4c(c3)[C@H]3[C@H](O4)[C@@H]3C(=O)O)ccnc2N1. The summed E-state index contributed by atoms with van der Waals surface area (Å²) in [7, 11) is 0. The highest BCUT2D eigenvalue weighted by Crippen LogP contribution is 2.59. The number of carbonyl (C=O) groups excluding carboxylic acids is 1. The second-order valence-corrected chi connectivity index (χ2v) is 6.46. The third-order valence-corrected chi connectivity index (χ3v) is 4.94. The molecule has 0 radical (unpaired) electrons. The first kappa shape index (κ1) is 14.3. The summed E-state index contributed by atoms with van der Waals surface area (Å²) < 4.78 is 11.7. The molecule has 0 unspecified atom stereocenters. The molecule has 7 nitrogen and oxygen atoms in total. The third-order valence-electron chi connectivity index (χ3n) is 4.94. The van der Waals surface area contributed by atoms with Crippen molar-refractivity contribution in [2.45, 2.75) is 24.9 Å². The normalized spacial score (nSPS) is 25.1. The van der Waals surface area contributed by atoms with E-state index in [0.29, 0.717) is 30.2 Å². The van der Waals surface area contributed by atoms with Crippen molar-refractivity contribution in [2.24, 2.45) is 5.92 Å². The fourth-order valence-corrected chi connectivity index (χ4v) is 3.68. The van der Waals surface area contributed by atoms with E-state index < -0.39 is 11.9 Å². The highest BCUT2D eigenvalue weighted by molar-refractivity contribution is 5.93. The number of pyridine rings is 1. The molecule has 7 heteroatoms. The van der Waals surface area contributed by atoms with E-state index in [4.69, 9.17) is 9.47 Å². The first-order chi connectivity index (χ1) is 12.1. The van der Waals surface area contributed by atoms with E-state index in [2.05, 4.69) is 10.3 Å². The van der Waals surface area contributed by atoms with Crippen LogP contribution in [0.5, 0.6) is 17.2 Å². The minimum Gasteiger partial charge on any atom is -0.489 e. The van der Waals surface area contributed by atoms with E-state index in [-0.39, 0.29) is 17.9 Å². The largest absolute Gasteiger partial charge is 0.489 e. The van der Waals surface area contributed by atoms with Crippen LogP contribution in [-0.2, 0) is 16.0 Å². The van der Waals surface area contributed by atoms with Gasteiger partial charge in [-0.15, -0.1) is 0 Å². The van der Waals surface area contributed by atoms with Crippen molar-refractivity contribution in [1.29, 1.82) is 0 Å². The first-order valence-corrected chi connectivity index (χ1v) is 8.11. The van der Waals surface area contributed by atoms with Gasteiger partial charge in [-0.3, -0.25) is 9.59 Å². The molecular formula is C18H14N2O5. The van der Waals surface area contributed by atoms with Crippen LogP contribution in [0.4, 0.5) is 5.82 Å². The number of hydrogen-bond acceptors (Lipinski definition) is 5. The summed E-state index contributed by atoms with van der Waals surface area (Å²) in [4.78, 5) is 26.9. The Labute approximate surface area is 142 Å². The van der Waals surface area contributed by atoms with Crippen molar-refractivity contribution < 1.29 is 24.2 Å². The van der Waals surface area contributed by atoms with Gasteiger partial charge < -0.3 is 19.9 Å². The fraction of sp³-hybridized carbons (Fsp3) is 0.278. The number of nitrogens with one attached hydrogen (secondary N) is 1. The maximum Gasteiger partial charge on any atom is 0.311 e. The molecule has 0 saturated heterocycles. The van der Waals surface area contributed by atoms with Crippen molar-refractivity contribution in [1.82, 2.24) is 4.98 Å². The van der Waals surface area contributed by atoms with E-state index in [9.17, 15) is 14.7 Å². The van der Waals surface area contributed by atoms with E-state index >= 15 is 0 Å². The van der Waals surface area contributed by atoms with Gasteiger partial charge in [0, 0.05) is 29.7 Å². The van der Waals surface area contributed by atoms with Crippen molar-refractivity contribution in [2.75, 3.05) is 5.32 Å². The number of aromatic nitrogens is 1. The van der Waals surface area contributed by atoms with Crippen LogP contribution in [0, 0.1) is 5.92 Å². The van der Waals surface area contributed by atoms with Crippen LogP contribution in [0.1, 0.15) is 23.5 Å². The lowest BCUT2D eigenvalue weighted by atomic mass is 10.1. The predicted octanol–water partition coefficient (Wildman–Crippen LogP) is 2.32. The fourth-order valence-electron chi connectivity index (χ4n) is 3.68. The molecule has 5 rings (SSSR count). The number of hydrogen-bond donors (Lipinski definition) is 2. The van der Waals surface area contributed by atoms with Gasteiger partial charge in [-0.05, 0) is 30.7 Å². The number of fused-ring (bicyclic) bond motifs is 4. The number of anilines is 1. The Morgan fingerprint density at radius 2 is 2.20 bits per heavy atom. The average Bonchev–Trinajstić information content (AvgIpc) is 3.19. The smallest absolute Gasteiger partial charge is 0.311 e. The standard InChI is InChI=1S/C18H14N2O5/c21-13-4-2-9-12(5-6-19-17(9)20-13)24-8-1-3-11-10(7-8)14-15(18(22)23)16(14)25-11/h1,3,5-7,14-16H,2,4H2,(H,22,23)(H,19,20,21)/t14-,15-,16+/m1/s1. The number of aliphatic carboxylic acids is 1. The van der Waals surface area contributed by atoms with Gasteiger partial charge in [-0.25, -0.2) is 4.98 Å². The summed E-state index contributed by atoms with van der Waals surface area (Å²) in [6.07, 6.45) is 2.31.